The third kappa shape index (κ3) is 3.60. The van der Waals surface area contributed by atoms with Crippen molar-refractivity contribution in [3.63, 3.8) is 0 Å². The summed E-state index contributed by atoms with van der Waals surface area (Å²) in [5, 5.41) is 3.80. The van der Waals surface area contributed by atoms with Gasteiger partial charge in [-0.05, 0) is 24.6 Å². The lowest BCUT2D eigenvalue weighted by Crippen LogP contribution is -2.02. The van der Waals surface area contributed by atoms with Crippen molar-refractivity contribution in [2.75, 3.05) is 11.9 Å². The van der Waals surface area contributed by atoms with Crippen molar-refractivity contribution < 1.29 is 4.74 Å². The van der Waals surface area contributed by atoms with Crippen molar-refractivity contribution in [2.24, 2.45) is 0 Å². The summed E-state index contributed by atoms with van der Waals surface area (Å²) in [5.41, 5.74) is 1.01. The van der Waals surface area contributed by atoms with Crippen LogP contribution in [0.1, 0.15) is 12.5 Å². The lowest BCUT2D eigenvalue weighted by molar-refractivity contribution is 0.293. The highest BCUT2D eigenvalue weighted by molar-refractivity contribution is 6.30. The van der Waals surface area contributed by atoms with E-state index >= 15 is 0 Å². The van der Waals surface area contributed by atoms with Gasteiger partial charge >= 0.3 is 0 Å². The van der Waals surface area contributed by atoms with Crippen LogP contribution in [-0.4, -0.2) is 16.5 Å². The highest BCUT2D eigenvalue weighted by Crippen LogP contribution is 2.15. The van der Waals surface area contributed by atoms with Gasteiger partial charge in [0.15, 0.2) is 0 Å². The third-order valence-corrected chi connectivity index (χ3v) is 2.51. The first kappa shape index (κ1) is 12.6. The van der Waals surface area contributed by atoms with Crippen molar-refractivity contribution in [1.29, 1.82) is 0 Å². The molecule has 0 bridgehead atoms. The molecule has 2 aromatic rings. The zero-order valence-electron chi connectivity index (χ0n) is 10.1. The molecule has 2 rings (SSSR count). The minimum atomic E-state index is 0.434. The summed E-state index contributed by atoms with van der Waals surface area (Å²) in [4.78, 5) is 8.13. The first-order valence-corrected chi connectivity index (χ1v) is 6.09. The molecule has 18 heavy (non-hydrogen) atoms. The van der Waals surface area contributed by atoms with E-state index in [-0.39, 0.29) is 0 Å². The minimum Gasteiger partial charge on any atom is -0.473 e. The molecule has 0 spiro atoms. The van der Waals surface area contributed by atoms with E-state index in [0.717, 1.165) is 17.9 Å². The topological polar surface area (TPSA) is 47.0 Å². The van der Waals surface area contributed by atoms with Gasteiger partial charge in [-0.3, -0.25) is 0 Å². The Kier molecular flexibility index (Phi) is 4.36. The van der Waals surface area contributed by atoms with E-state index in [1.54, 1.807) is 6.07 Å². The Bertz CT molecular complexity index is 519. The zero-order valence-corrected chi connectivity index (χ0v) is 10.8. The lowest BCUT2D eigenvalue weighted by atomic mass is 10.2. The number of ether oxygens (including phenoxy) is 1. The summed E-state index contributed by atoms with van der Waals surface area (Å²) in [5.74, 6) is 1.30. The quantitative estimate of drug-likeness (QED) is 0.900. The summed E-state index contributed by atoms with van der Waals surface area (Å²) in [6.45, 7) is 3.25. The number of nitrogens with zero attached hydrogens (tertiary/aromatic N) is 2. The Morgan fingerprint density at radius 1 is 1.28 bits per heavy atom. The van der Waals surface area contributed by atoms with E-state index in [0.29, 0.717) is 17.5 Å². The molecule has 5 heteroatoms. The van der Waals surface area contributed by atoms with Crippen LogP contribution in [0, 0.1) is 0 Å². The predicted molar refractivity (Wildman–Crippen MR) is 72.0 cm³/mol. The van der Waals surface area contributed by atoms with Crippen molar-refractivity contribution >= 4 is 17.4 Å². The molecule has 0 saturated carbocycles. The molecule has 0 amide bonds. The first-order valence-electron chi connectivity index (χ1n) is 5.71. The van der Waals surface area contributed by atoms with E-state index in [4.69, 9.17) is 16.3 Å². The molecule has 1 N–H and O–H groups in total. The van der Waals surface area contributed by atoms with Gasteiger partial charge in [0.2, 0.25) is 5.88 Å². The molecular weight excluding hydrogens is 250 g/mol. The molecule has 0 fully saturated rings. The van der Waals surface area contributed by atoms with Gasteiger partial charge in [0.25, 0.3) is 0 Å². The maximum atomic E-state index is 5.90. The van der Waals surface area contributed by atoms with Crippen LogP contribution in [0.3, 0.4) is 0 Å². The summed E-state index contributed by atoms with van der Waals surface area (Å²) in [6.07, 6.45) is 1.48. The van der Waals surface area contributed by atoms with Crippen molar-refractivity contribution in [1.82, 2.24) is 9.97 Å². The summed E-state index contributed by atoms with van der Waals surface area (Å²) in [6, 6.07) is 9.32. The molecule has 0 atom stereocenters. The Morgan fingerprint density at radius 2 is 2.17 bits per heavy atom. The SMILES string of the molecule is CCNc1cc(OCc2cccc(Cl)c2)ncn1. The van der Waals surface area contributed by atoms with Crippen LogP contribution < -0.4 is 10.1 Å². The molecule has 0 aliphatic carbocycles. The second-order valence-electron chi connectivity index (χ2n) is 3.69. The van der Waals surface area contributed by atoms with E-state index in [1.165, 1.54) is 6.33 Å². The summed E-state index contributed by atoms with van der Waals surface area (Å²) >= 11 is 5.90. The number of anilines is 1. The lowest BCUT2D eigenvalue weighted by Gasteiger charge is -2.07. The van der Waals surface area contributed by atoms with Crippen LogP contribution in [0.4, 0.5) is 5.82 Å². The number of aromatic nitrogens is 2. The molecule has 0 unspecified atom stereocenters. The van der Waals surface area contributed by atoms with Crippen LogP contribution in [-0.2, 0) is 6.61 Å². The molecular formula is C13H14ClN3O. The molecule has 0 saturated heterocycles. The number of benzene rings is 1. The van der Waals surface area contributed by atoms with Gasteiger partial charge < -0.3 is 10.1 Å². The van der Waals surface area contributed by atoms with E-state index < -0.39 is 0 Å². The second-order valence-corrected chi connectivity index (χ2v) is 4.13. The number of nitrogens with one attached hydrogen (secondary N) is 1. The summed E-state index contributed by atoms with van der Waals surface area (Å²) in [7, 11) is 0. The molecule has 0 aliphatic rings. The van der Waals surface area contributed by atoms with Crippen LogP contribution >= 0.6 is 11.6 Å². The normalized spacial score (nSPS) is 10.1. The number of hydrogen-bond donors (Lipinski definition) is 1. The van der Waals surface area contributed by atoms with E-state index in [1.807, 2.05) is 31.2 Å². The van der Waals surface area contributed by atoms with Crippen LogP contribution in [0.2, 0.25) is 5.02 Å². The van der Waals surface area contributed by atoms with Crippen LogP contribution in [0.15, 0.2) is 36.7 Å². The molecule has 0 aliphatic heterocycles. The van der Waals surface area contributed by atoms with Crippen molar-refractivity contribution in [3.8, 4) is 5.88 Å². The number of halogens is 1. The average molecular weight is 264 g/mol. The predicted octanol–water partition coefficient (Wildman–Crippen LogP) is 3.14. The smallest absolute Gasteiger partial charge is 0.218 e. The summed E-state index contributed by atoms with van der Waals surface area (Å²) < 4.78 is 5.58. The van der Waals surface area contributed by atoms with Crippen molar-refractivity contribution in [2.45, 2.75) is 13.5 Å². The number of rotatable bonds is 5. The van der Waals surface area contributed by atoms with Gasteiger partial charge in [0.05, 0.1) is 0 Å². The van der Waals surface area contributed by atoms with E-state index in [9.17, 15) is 0 Å². The van der Waals surface area contributed by atoms with Gasteiger partial charge in [-0.1, -0.05) is 23.7 Å². The maximum absolute atomic E-state index is 5.90. The highest BCUT2D eigenvalue weighted by atomic mass is 35.5. The van der Waals surface area contributed by atoms with Gasteiger partial charge in [0.1, 0.15) is 18.8 Å². The van der Waals surface area contributed by atoms with Gasteiger partial charge in [0, 0.05) is 17.6 Å². The Labute approximate surface area is 111 Å². The van der Waals surface area contributed by atoms with Gasteiger partial charge in [-0.2, -0.15) is 0 Å². The average Bonchev–Trinajstić information content (AvgIpc) is 2.37. The minimum absolute atomic E-state index is 0.434. The highest BCUT2D eigenvalue weighted by Gasteiger charge is 2.00. The molecule has 0 radical (unpaired) electrons. The fourth-order valence-electron chi connectivity index (χ4n) is 1.48. The third-order valence-electron chi connectivity index (χ3n) is 2.28. The van der Waals surface area contributed by atoms with Crippen LogP contribution in [0.25, 0.3) is 0 Å². The molecule has 94 valence electrons. The largest absolute Gasteiger partial charge is 0.473 e. The Hall–Kier alpha value is -1.81. The van der Waals surface area contributed by atoms with E-state index in [2.05, 4.69) is 15.3 Å². The molecule has 1 aromatic carbocycles. The number of hydrogen-bond acceptors (Lipinski definition) is 4. The monoisotopic (exact) mass is 263 g/mol. The fraction of sp³-hybridized carbons (Fsp3) is 0.231. The molecule has 4 nitrogen and oxygen atoms in total. The Balaban J connectivity index is 1.99. The van der Waals surface area contributed by atoms with Crippen LogP contribution in [0.5, 0.6) is 5.88 Å². The maximum Gasteiger partial charge on any atom is 0.218 e. The second kappa shape index (κ2) is 6.21. The molecule has 1 heterocycles. The zero-order chi connectivity index (χ0) is 12.8. The molecule has 1 aromatic heterocycles. The Morgan fingerprint density at radius 3 is 2.94 bits per heavy atom. The van der Waals surface area contributed by atoms with Gasteiger partial charge in [-0.25, -0.2) is 9.97 Å². The van der Waals surface area contributed by atoms with Crippen molar-refractivity contribution in [3.05, 3.63) is 47.2 Å². The standard InChI is InChI=1S/C13H14ClN3O/c1-2-15-12-7-13(17-9-16-12)18-8-10-4-3-5-11(14)6-10/h3-7,9H,2,8H2,1H3,(H,15,16,17). The first-order chi connectivity index (χ1) is 8.78. The fourth-order valence-corrected chi connectivity index (χ4v) is 1.69. The van der Waals surface area contributed by atoms with Gasteiger partial charge in [-0.15, -0.1) is 0 Å².